The Kier molecular flexibility index (Phi) is 4.57. The van der Waals surface area contributed by atoms with E-state index >= 15 is 0 Å². The molecule has 0 aliphatic carbocycles. The van der Waals surface area contributed by atoms with Crippen molar-refractivity contribution >= 4 is 28.3 Å². The molecule has 2 N–H and O–H groups in total. The zero-order valence-electron chi connectivity index (χ0n) is 12.9. The van der Waals surface area contributed by atoms with Gasteiger partial charge in [0.2, 0.25) is 0 Å². The number of likely N-dealkylation sites (tertiary alicyclic amines) is 1. The summed E-state index contributed by atoms with van der Waals surface area (Å²) in [4.78, 5) is 25.9. The highest BCUT2D eigenvalue weighted by atomic mass is 16.3. The summed E-state index contributed by atoms with van der Waals surface area (Å²) in [6, 6.07) is 13.4. The lowest BCUT2D eigenvalue weighted by Crippen LogP contribution is -2.44. The first-order chi connectivity index (χ1) is 11.2. The summed E-state index contributed by atoms with van der Waals surface area (Å²) < 4.78 is 0. The van der Waals surface area contributed by atoms with Crippen molar-refractivity contribution in [1.29, 1.82) is 0 Å². The van der Waals surface area contributed by atoms with E-state index in [1.54, 1.807) is 11.0 Å². The topological polar surface area (TPSA) is 69.6 Å². The number of amides is 2. The van der Waals surface area contributed by atoms with Crippen molar-refractivity contribution in [2.75, 3.05) is 25.0 Å². The second kappa shape index (κ2) is 6.79. The van der Waals surface area contributed by atoms with Gasteiger partial charge in [-0.1, -0.05) is 30.3 Å². The average Bonchev–Trinajstić information content (AvgIpc) is 2.61. The van der Waals surface area contributed by atoms with E-state index in [0.717, 1.165) is 23.6 Å². The molecule has 2 aromatic rings. The minimum Gasteiger partial charge on any atom is -0.396 e. The van der Waals surface area contributed by atoms with E-state index in [-0.39, 0.29) is 12.5 Å². The van der Waals surface area contributed by atoms with Crippen molar-refractivity contribution in [3.8, 4) is 0 Å². The first kappa shape index (κ1) is 15.5. The number of carbonyl (C=O) groups is 2. The van der Waals surface area contributed by atoms with E-state index in [9.17, 15) is 9.59 Å². The van der Waals surface area contributed by atoms with E-state index in [4.69, 9.17) is 5.11 Å². The van der Waals surface area contributed by atoms with Crippen molar-refractivity contribution in [2.45, 2.75) is 12.8 Å². The molecule has 3 rings (SSSR count). The van der Waals surface area contributed by atoms with Crippen molar-refractivity contribution < 1.29 is 14.7 Å². The van der Waals surface area contributed by atoms with Crippen LogP contribution >= 0.6 is 0 Å². The molecule has 0 atom stereocenters. The first-order valence-electron chi connectivity index (χ1n) is 7.87. The summed E-state index contributed by atoms with van der Waals surface area (Å²) >= 11 is 0. The number of benzene rings is 2. The van der Waals surface area contributed by atoms with Gasteiger partial charge < -0.3 is 15.3 Å². The molecular weight excluding hydrogens is 292 g/mol. The van der Waals surface area contributed by atoms with E-state index < -0.39 is 11.8 Å². The zero-order chi connectivity index (χ0) is 16.2. The predicted molar refractivity (Wildman–Crippen MR) is 89.0 cm³/mol. The van der Waals surface area contributed by atoms with Crippen LogP contribution < -0.4 is 5.32 Å². The van der Waals surface area contributed by atoms with Gasteiger partial charge in [0.1, 0.15) is 0 Å². The van der Waals surface area contributed by atoms with Crippen LogP contribution in [0.15, 0.2) is 42.5 Å². The molecule has 1 saturated heterocycles. The van der Waals surface area contributed by atoms with Gasteiger partial charge in [0.15, 0.2) is 0 Å². The number of nitrogens with one attached hydrogen (secondary N) is 1. The Morgan fingerprint density at radius 3 is 2.48 bits per heavy atom. The minimum atomic E-state index is -0.609. The summed E-state index contributed by atoms with van der Waals surface area (Å²) in [6.07, 6.45) is 1.48. The van der Waals surface area contributed by atoms with Crippen LogP contribution in [-0.2, 0) is 9.59 Å². The molecule has 5 nitrogen and oxygen atoms in total. The SMILES string of the molecule is O=C(Nc1ccc2ccccc2c1)C(=O)N1CCC(CO)CC1. The Labute approximate surface area is 134 Å². The van der Waals surface area contributed by atoms with Crippen molar-refractivity contribution in [1.82, 2.24) is 4.90 Å². The van der Waals surface area contributed by atoms with Crippen molar-refractivity contribution in [3.63, 3.8) is 0 Å². The third kappa shape index (κ3) is 3.51. The van der Waals surface area contributed by atoms with E-state index in [0.29, 0.717) is 18.8 Å². The van der Waals surface area contributed by atoms with Gasteiger partial charge in [-0.25, -0.2) is 0 Å². The minimum absolute atomic E-state index is 0.144. The third-order valence-electron chi connectivity index (χ3n) is 4.36. The molecule has 0 radical (unpaired) electrons. The molecule has 5 heteroatoms. The second-order valence-corrected chi connectivity index (χ2v) is 5.93. The Bertz CT molecular complexity index is 721. The summed E-state index contributed by atoms with van der Waals surface area (Å²) in [6.45, 7) is 1.19. The number of hydrogen-bond donors (Lipinski definition) is 2. The number of aliphatic hydroxyl groups is 1. The number of piperidine rings is 1. The van der Waals surface area contributed by atoms with Crippen LogP contribution in [0.25, 0.3) is 10.8 Å². The van der Waals surface area contributed by atoms with Crippen molar-refractivity contribution in [3.05, 3.63) is 42.5 Å². The molecule has 23 heavy (non-hydrogen) atoms. The van der Waals surface area contributed by atoms with E-state index in [1.165, 1.54) is 0 Å². The van der Waals surface area contributed by atoms with E-state index in [2.05, 4.69) is 5.32 Å². The quantitative estimate of drug-likeness (QED) is 0.834. The van der Waals surface area contributed by atoms with Gasteiger partial charge in [-0.15, -0.1) is 0 Å². The second-order valence-electron chi connectivity index (χ2n) is 5.93. The lowest BCUT2D eigenvalue weighted by molar-refractivity contribution is -0.144. The first-order valence-corrected chi connectivity index (χ1v) is 7.87. The Hall–Kier alpha value is -2.40. The molecule has 0 bridgehead atoms. The lowest BCUT2D eigenvalue weighted by atomic mass is 9.98. The summed E-state index contributed by atoms with van der Waals surface area (Å²) in [5.74, 6) is -0.875. The van der Waals surface area contributed by atoms with Crippen LogP contribution in [-0.4, -0.2) is 41.5 Å². The highest BCUT2D eigenvalue weighted by molar-refractivity contribution is 6.39. The van der Waals surface area contributed by atoms with Gasteiger partial charge in [0.25, 0.3) is 0 Å². The number of carbonyl (C=O) groups excluding carboxylic acids is 2. The third-order valence-corrected chi connectivity index (χ3v) is 4.36. The van der Waals surface area contributed by atoms with Crippen LogP contribution in [0.3, 0.4) is 0 Å². The number of nitrogens with zero attached hydrogens (tertiary/aromatic N) is 1. The van der Waals surface area contributed by atoms with Crippen LogP contribution in [0.5, 0.6) is 0 Å². The smallest absolute Gasteiger partial charge is 0.313 e. The summed E-state index contributed by atoms with van der Waals surface area (Å²) in [5.41, 5.74) is 0.618. The number of aliphatic hydroxyl groups excluding tert-OH is 1. The van der Waals surface area contributed by atoms with Gasteiger partial charge in [-0.2, -0.15) is 0 Å². The molecule has 120 valence electrons. The van der Waals surface area contributed by atoms with Gasteiger partial charge in [-0.05, 0) is 41.7 Å². The number of fused-ring (bicyclic) bond motifs is 1. The summed E-state index contributed by atoms with van der Waals surface area (Å²) in [7, 11) is 0. The van der Waals surface area contributed by atoms with Gasteiger partial charge in [0.05, 0.1) is 0 Å². The van der Waals surface area contributed by atoms with Gasteiger partial charge in [0, 0.05) is 25.4 Å². The Morgan fingerprint density at radius 2 is 1.78 bits per heavy atom. The lowest BCUT2D eigenvalue weighted by Gasteiger charge is -2.30. The normalized spacial score (nSPS) is 15.6. The monoisotopic (exact) mass is 312 g/mol. The molecule has 2 aromatic carbocycles. The molecule has 2 amide bonds. The average molecular weight is 312 g/mol. The number of hydrogen-bond acceptors (Lipinski definition) is 3. The molecule has 1 aliphatic rings. The number of anilines is 1. The molecule has 1 heterocycles. The maximum Gasteiger partial charge on any atom is 0.313 e. The van der Waals surface area contributed by atoms with Crippen LogP contribution in [0.4, 0.5) is 5.69 Å². The van der Waals surface area contributed by atoms with Gasteiger partial charge >= 0.3 is 11.8 Å². The highest BCUT2D eigenvalue weighted by Crippen LogP contribution is 2.20. The van der Waals surface area contributed by atoms with Crippen LogP contribution in [0.2, 0.25) is 0 Å². The summed E-state index contributed by atoms with van der Waals surface area (Å²) in [5, 5.41) is 13.9. The molecule has 0 unspecified atom stereocenters. The zero-order valence-corrected chi connectivity index (χ0v) is 12.9. The maximum atomic E-state index is 12.2. The molecule has 0 saturated carbocycles. The fourth-order valence-corrected chi connectivity index (χ4v) is 2.91. The fourth-order valence-electron chi connectivity index (χ4n) is 2.91. The molecular formula is C18H20N2O3. The van der Waals surface area contributed by atoms with E-state index in [1.807, 2.05) is 36.4 Å². The van der Waals surface area contributed by atoms with Crippen LogP contribution in [0.1, 0.15) is 12.8 Å². The van der Waals surface area contributed by atoms with Gasteiger partial charge in [-0.3, -0.25) is 9.59 Å². The highest BCUT2D eigenvalue weighted by Gasteiger charge is 2.26. The maximum absolute atomic E-state index is 12.2. The Morgan fingerprint density at radius 1 is 1.09 bits per heavy atom. The fraction of sp³-hybridized carbons (Fsp3) is 0.333. The molecule has 1 aliphatic heterocycles. The molecule has 0 spiro atoms. The Balaban J connectivity index is 1.64. The number of rotatable bonds is 2. The molecule has 1 fully saturated rings. The largest absolute Gasteiger partial charge is 0.396 e. The standard InChI is InChI=1S/C18H20N2O3/c21-12-13-7-9-20(10-8-13)18(23)17(22)19-16-6-5-14-3-1-2-4-15(14)11-16/h1-6,11,13,21H,7-10,12H2,(H,19,22). The predicted octanol–water partition coefficient (Wildman–Crippen LogP) is 2.01. The van der Waals surface area contributed by atoms with Crippen molar-refractivity contribution in [2.24, 2.45) is 5.92 Å². The molecule has 0 aromatic heterocycles. The van der Waals surface area contributed by atoms with Crippen LogP contribution in [0, 0.1) is 5.92 Å².